The minimum absolute atomic E-state index is 0. The Bertz CT molecular complexity index is 398. The lowest BCUT2D eigenvalue weighted by atomic mass is 9.95. The lowest BCUT2D eigenvalue weighted by Crippen LogP contribution is -2.50. The minimum atomic E-state index is 0. The average Bonchev–Trinajstić information content (AvgIpc) is 2.62. The fourth-order valence-corrected chi connectivity index (χ4v) is 3.56. The van der Waals surface area contributed by atoms with E-state index in [-0.39, 0.29) is 29.9 Å². The first-order chi connectivity index (χ1) is 11.3. The van der Waals surface area contributed by atoms with Crippen molar-refractivity contribution in [1.29, 1.82) is 0 Å². The maximum absolute atomic E-state index is 12.5. The molecule has 0 unspecified atom stereocenters. The van der Waals surface area contributed by atoms with E-state index in [1.807, 2.05) is 23.7 Å². The number of rotatable bonds is 5. The van der Waals surface area contributed by atoms with Gasteiger partial charge in [0.25, 0.3) is 0 Å². The van der Waals surface area contributed by atoms with Gasteiger partial charge in [-0.3, -0.25) is 9.79 Å². The molecule has 24 heavy (non-hydrogen) atoms. The molecule has 2 heterocycles. The second kappa shape index (κ2) is 12.2. The van der Waals surface area contributed by atoms with E-state index < -0.39 is 0 Å². The van der Waals surface area contributed by atoms with Gasteiger partial charge in [0.15, 0.2) is 5.96 Å². The molecular weight excluding hydrogens is 439 g/mol. The van der Waals surface area contributed by atoms with Gasteiger partial charge in [0, 0.05) is 45.7 Å². The van der Waals surface area contributed by atoms with Crippen LogP contribution in [0, 0.1) is 5.92 Å². The van der Waals surface area contributed by atoms with E-state index in [0.29, 0.717) is 19.1 Å². The predicted molar refractivity (Wildman–Crippen MR) is 111 cm³/mol. The first kappa shape index (κ1) is 21.8. The monoisotopic (exact) mass is 470 g/mol. The summed E-state index contributed by atoms with van der Waals surface area (Å²) in [6.45, 7) is 5.62. The Morgan fingerprint density at radius 3 is 2.46 bits per heavy atom. The predicted octanol–water partition coefficient (Wildman–Crippen LogP) is 1.50. The van der Waals surface area contributed by atoms with E-state index in [4.69, 9.17) is 4.74 Å². The van der Waals surface area contributed by atoms with E-state index in [0.717, 1.165) is 57.9 Å². The van der Waals surface area contributed by atoms with Crippen LogP contribution in [0.5, 0.6) is 0 Å². The van der Waals surface area contributed by atoms with Crippen molar-refractivity contribution < 1.29 is 9.53 Å². The molecule has 0 spiro atoms. The lowest BCUT2D eigenvalue weighted by Gasteiger charge is -2.36. The summed E-state index contributed by atoms with van der Waals surface area (Å²) in [7, 11) is 1.84. The van der Waals surface area contributed by atoms with Crippen LogP contribution in [0.15, 0.2) is 4.99 Å². The number of hydrogen-bond acceptors (Lipinski definition) is 4. The molecular formula is C16H31IN4O2S. The molecule has 0 aromatic rings. The molecule has 2 aliphatic rings. The van der Waals surface area contributed by atoms with Crippen molar-refractivity contribution in [1.82, 2.24) is 15.1 Å². The number of halogens is 1. The lowest BCUT2D eigenvalue weighted by molar-refractivity contribution is -0.140. The molecule has 0 aromatic carbocycles. The average molecular weight is 470 g/mol. The Morgan fingerprint density at radius 2 is 1.88 bits per heavy atom. The number of thioether (sulfide) groups is 1. The number of amides is 1. The third-order valence-corrected chi connectivity index (χ3v) is 5.18. The van der Waals surface area contributed by atoms with E-state index >= 15 is 0 Å². The number of aliphatic imine (C=N–C) groups is 1. The van der Waals surface area contributed by atoms with Crippen molar-refractivity contribution in [2.75, 3.05) is 65.0 Å². The van der Waals surface area contributed by atoms with Crippen LogP contribution in [0.4, 0.5) is 0 Å². The molecule has 0 bridgehead atoms. The van der Waals surface area contributed by atoms with Gasteiger partial charge in [-0.25, -0.2) is 0 Å². The van der Waals surface area contributed by atoms with E-state index in [9.17, 15) is 4.79 Å². The number of carbonyl (C=O) groups excluding carboxylic acids is 1. The van der Waals surface area contributed by atoms with Gasteiger partial charge < -0.3 is 19.9 Å². The zero-order valence-corrected chi connectivity index (χ0v) is 18.0. The summed E-state index contributed by atoms with van der Waals surface area (Å²) in [5, 5.41) is 3.43. The van der Waals surface area contributed by atoms with Crippen molar-refractivity contribution in [2.45, 2.75) is 19.3 Å². The van der Waals surface area contributed by atoms with Gasteiger partial charge in [-0.05, 0) is 31.3 Å². The molecule has 0 saturated carbocycles. The Hall–Kier alpha value is -0.220. The first-order valence-electron chi connectivity index (χ1n) is 8.57. The van der Waals surface area contributed by atoms with Crippen LogP contribution < -0.4 is 5.32 Å². The van der Waals surface area contributed by atoms with Gasteiger partial charge in [0.1, 0.15) is 0 Å². The molecule has 0 radical (unpaired) electrons. The summed E-state index contributed by atoms with van der Waals surface area (Å²) in [5.74, 6) is 2.62. The van der Waals surface area contributed by atoms with Crippen LogP contribution in [-0.2, 0) is 9.53 Å². The molecule has 140 valence electrons. The topological polar surface area (TPSA) is 57.2 Å². The second-order valence-electron chi connectivity index (χ2n) is 6.02. The molecule has 2 rings (SSSR count). The maximum Gasteiger partial charge on any atom is 0.225 e. The normalized spacial score (nSPS) is 19.8. The summed E-state index contributed by atoms with van der Waals surface area (Å²) in [4.78, 5) is 21.2. The Balaban J connectivity index is 0.00000288. The second-order valence-corrected chi connectivity index (χ2v) is 7.00. The molecule has 8 heteroatoms. The number of hydrogen-bond donors (Lipinski definition) is 1. The number of carbonyl (C=O) groups is 1. The number of nitrogens with one attached hydrogen (secondary N) is 1. The highest BCUT2D eigenvalue weighted by Gasteiger charge is 2.30. The zero-order chi connectivity index (χ0) is 16.5. The van der Waals surface area contributed by atoms with E-state index in [1.165, 1.54) is 5.75 Å². The molecule has 2 fully saturated rings. The van der Waals surface area contributed by atoms with Crippen LogP contribution in [0.2, 0.25) is 0 Å². The molecule has 0 aromatic heterocycles. The van der Waals surface area contributed by atoms with E-state index in [1.54, 1.807) is 0 Å². The van der Waals surface area contributed by atoms with Crippen molar-refractivity contribution in [3.05, 3.63) is 0 Å². The fourth-order valence-electron chi connectivity index (χ4n) is 3.13. The molecule has 0 aliphatic carbocycles. The van der Waals surface area contributed by atoms with Crippen molar-refractivity contribution in [2.24, 2.45) is 10.9 Å². The SMILES string of the molecule is CN=C(NCCCSC)N1CCC(C(=O)N2CCOCC2)CC1.I. The number of ether oxygens (including phenoxy) is 1. The molecule has 2 saturated heterocycles. The van der Waals surface area contributed by atoms with Gasteiger partial charge >= 0.3 is 0 Å². The number of likely N-dealkylation sites (tertiary alicyclic amines) is 1. The van der Waals surface area contributed by atoms with Gasteiger partial charge in [-0.2, -0.15) is 11.8 Å². The van der Waals surface area contributed by atoms with Gasteiger partial charge in [0.2, 0.25) is 5.91 Å². The fraction of sp³-hybridized carbons (Fsp3) is 0.875. The van der Waals surface area contributed by atoms with Crippen LogP contribution in [-0.4, -0.2) is 86.7 Å². The van der Waals surface area contributed by atoms with Crippen molar-refractivity contribution >= 4 is 47.6 Å². The molecule has 1 amide bonds. The van der Waals surface area contributed by atoms with E-state index in [2.05, 4.69) is 21.5 Å². The molecule has 0 atom stereocenters. The molecule has 1 N–H and O–H groups in total. The number of piperidine rings is 1. The Morgan fingerprint density at radius 1 is 1.21 bits per heavy atom. The summed E-state index contributed by atoms with van der Waals surface area (Å²) in [5.41, 5.74) is 0. The third-order valence-electron chi connectivity index (χ3n) is 4.49. The van der Waals surface area contributed by atoms with Gasteiger partial charge in [-0.15, -0.1) is 24.0 Å². The number of nitrogens with zero attached hydrogens (tertiary/aromatic N) is 3. The Kier molecular flexibility index (Phi) is 11.1. The standard InChI is InChI=1S/C16H30N4O2S.HI/c1-17-16(18-6-3-13-23-2)20-7-4-14(5-8-20)15(21)19-9-11-22-12-10-19;/h14H,3-13H2,1-2H3,(H,17,18);1H. The van der Waals surface area contributed by atoms with Crippen LogP contribution >= 0.6 is 35.7 Å². The summed E-state index contributed by atoms with van der Waals surface area (Å²) >= 11 is 1.87. The highest BCUT2D eigenvalue weighted by Crippen LogP contribution is 2.20. The number of guanidine groups is 1. The zero-order valence-electron chi connectivity index (χ0n) is 14.8. The quantitative estimate of drug-likeness (QED) is 0.286. The van der Waals surface area contributed by atoms with Crippen LogP contribution in [0.25, 0.3) is 0 Å². The molecule has 2 aliphatic heterocycles. The Labute approximate surface area is 167 Å². The maximum atomic E-state index is 12.5. The van der Waals surface area contributed by atoms with Gasteiger partial charge in [0.05, 0.1) is 13.2 Å². The van der Waals surface area contributed by atoms with Crippen LogP contribution in [0.1, 0.15) is 19.3 Å². The number of morpholine rings is 1. The van der Waals surface area contributed by atoms with Crippen molar-refractivity contribution in [3.63, 3.8) is 0 Å². The van der Waals surface area contributed by atoms with Gasteiger partial charge in [-0.1, -0.05) is 0 Å². The highest BCUT2D eigenvalue weighted by molar-refractivity contribution is 14.0. The van der Waals surface area contributed by atoms with Crippen LogP contribution in [0.3, 0.4) is 0 Å². The summed E-state index contributed by atoms with van der Waals surface area (Å²) in [6, 6.07) is 0. The highest BCUT2D eigenvalue weighted by atomic mass is 127. The summed E-state index contributed by atoms with van der Waals surface area (Å²) < 4.78 is 5.33. The largest absolute Gasteiger partial charge is 0.378 e. The smallest absolute Gasteiger partial charge is 0.225 e. The third kappa shape index (κ3) is 6.59. The first-order valence-corrected chi connectivity index (χ1v) is 9.96. The summed E-state index contributed by atoms with van der Waals surface area (Å²) in [6.07, 6.45) is 5.11. The molecule has 6 nitrogen and oxygen atoms in total. The van der Waals surface area contributed by atoms with Crippen molar-refractivity contribution in [3.8, 4) is 0 Å². The minimum Gasteiger partial charge on any atom is -0.378 e.